The molecule has 0 fully saturated rings. The van der Waals surface area contributed by atoms with Crippen molar-refractivity contribution in [3.63, 3.8) is 0 Å². The van der Waals surface area contributed by atoms with Crippen LogP contribution in [0.2, 0.25) is 0 Å². The lowest BCUT2D eigenvalue weighted by atomic mass is 10.1. The molecule has 4 N–H and O–H groups in total. The zero-order valence-electron chi connectivity index (χ0n) is 15.2. The number of amides is 1. The van der Waals surface area contributed by atoms with E-state index in [1.165, 1.54) is 12.1 Å². The van der Waals surface area contributed by atoms with Gasteiger partial charge in [0.15, 0.2) is 5.11 Å². The van der Waals surface area contributed by atoms with Crippen molar-refractivity contribution >= 4 is 33.3 Å². The predicted molar refractivity (Wildman–Crippen MR) is 104 cm³/mol. The highest BCUT2D eigenvalue weighted by molar-refractivity contribution is 7.89. The van der Waals surface area contributed by atoms with E-state index in [-0.39, 0.29) is 10.0 Å². The molecule has 10 heteroatoms. The highest BCUT2D eigenvalue weighted by Crippen LogP contribution is 2.15. The van der Waals surface area contributed by atoms with Gasteiger partial charge in [-0.15, -0.1) is 0 Å². The first-order valence-corrected chi connectivity index (χ1v) is 10.2. The fourth-order valence-electron chi connectivity index (χ4n) is 1.81. The second-order valence-electron chi connectivity index (χ2n) is 5.84. The maximum atomic E-state index is 12.2. The maximum Gasteiger partial charge on any atom is 0.253 e. The number of carbonyl (C=O) groups excluding carboxylic acids is 1. The molecule has 0 bridgehead atoms. The Bertz CT molecular complexity index is 691. The van der Waals surface area contributed by atoms with E-state index < -0.39 is 22.5 Å². The van der Waals surface area contributed by atoms with Crippen LogP contribution in [0.1, 0.15) is 27.2 Å². The van der Waals surface area contributed by atoms with Crippen LogP contribution in [0.15, 0.2) is 29.2 Å². The molecule has 0 aliphatic rings. The van der Waals surface area contributed by atoms with Gasteiger partial charge in [0.05, 0.1) is 18.0 Å². The highest BCUT2D eigenvalue weighted by Gasteiger charge is 2.15. The lowest BCUT2D eigenvalue weighted by Gasteiger charge is -2.13. The van der Waals surface area contributed by atoms with Gasteiger partial charge in [0.1, 0.15) is 5.75 Å². The van der Waals surface area contributed by atoms with Crippen molar-refractivity contribution in [2.24, 2.45) is 5.92 Å². The number of thiocarbonyl (C=S) groups is 1. The number of hydrogen-bond acceptors (Lipinski definition) is 5. The summed E-state index contributed by atoms with van der Waals surface area (Å²) >= 11 is 5.00. The molecule has 0 spiro atoms. The summed E-state index contributed by atoms with van der Waals surface area (Å²) in [5, 5.41) is 3.21. The van der Waals surface area contributed by atoms with E-state index in [1.807, 2.05) is 6.92 Å². The van der Waals surface area contributed by atoms with Crippen LogP contribution in [0.5, 0.6) is 5.75 Å². The number of benzene rings is 1. The molecule has 0 saturated heterocycles. The van der Waals surface area contributed by atoms with Gasteiger partial charge in [-0.05, 0) is 55.7 Å². The molecule has 0 atom stereocenters. The van der Waals surface area contributed by atoms with Gasteiger partial charge in [-0.1, -0.05) is 13.8 Å². The normalized spacial score (nSPS) is 11.1. The predicted octanol–water partition coefficient (Wildman–Crippen LogP) is 0.905. The fourth-order valence-corrected chi connectivity index (χ4v) is 2.95. The number of sulfonamides is 1. The molecule has 0 aliphatic heterocycles. The third kappa shape index (κ3) is 8.45. The largest absolute Gasteiger partial charge is 0.494 e. The van der Waals surface area contributed by atoms with Crippen molar-refractivity contribution in [3.05, 3.63) is 24.3 Å². The Morgan fingerprint density at radius 1 is 1.19 bits per heavy atom. The molecule has 0 aliphatic carbocycles. The van der Waals surface area contributed by atoms with Gasteiger partial charge in [0.25, 0.3) is 5.91 Å². The Kier molecular flexibility index (Phi) is 9.31. The molecule has 1 aromatic rings. The molecule has 0 aromatic heterocycles. The van der Waals surface area contributed by atoms with Crippen molar-refractivity contribution in [2.75, 3.05) is 19.7 Å². The smallest absolute Gasteiger partial charge is 0.253 e. The summed E-state index contributed by atoms with van der Waals surface area (Å²) in [5.74, 6) is 0.552. The van der Waals surface area contributed by atoms with Crippen LogP contribution in [-0.2, 0) is 14.8 Å². The third-order valence-corrected chi connectivity index (χ3v) is 4.85. The lowest BCUT2D eigenvalue weighted by molar-refractivity contribution is -0.120. The molecule has 0 saturated carbocycles. The summed E-state index contributed by atoms with van der Waals surface area (Å²) in [7, 11) is -3.79. The quantitative estimate of drug-likeness (QED) is 0.359. The van der Waals surface area contributed by atoms with E-state index in [0.29, 0.717) is 24.8 Å². The molecule has 1 amide bonds. The molecule has 26 heavy (non-hydrogen) atoms. The summed E-state index contributed by atoms with van der Waals surface area (Å²) in [6, 6.07) is 5.94. The SMILES string of the molecule is CCOc1ccc(S(=O)(=O)NCC(=O)NNC(=S)NCCC(C)C)cc1. The molecule has 0 unspecified atom stereocenters. The third-order valence-electron chi connectivity index (χ3n) is 3.19. The van der Waals surface area contributed by atoms with Gasteiger partial charge >= 0.3 is 0 Å². The second-order valence-corrected chi connectivity index (χ2v) is 8.02. The van der Waals surface area contributed by atoms with Gasteiger partial charge in [-0.2, -0.15) is 0 Å². The van der Waals surface area contributed by atoms with Crippen LogP contribution in [0, 0.1) is 5.92 Å². The van der Waals surface area contributed by atoms with Crippen molar-refractivity contribution in [1.29, 1.82) is 0 Å². The van der Waals surface area contributed by atoms with Crippen LogP contribution in [0.3, 0.4) is 0 Å². The van der Waals surface area contributed by atoms with Gasteiger partial charge in [-0.25, -0.2) is 13.1 Å². The Labute approximate surface area is 160 Å². The lowest BCUT2D eigenvalue weighted by Crippen LogP contribution is -2.49. The van der Waals surface area contributed by atoms with Crippen LogP contribution >= 0.6 is 12.2 Å². The van der Waals surface area contributed by atoms with E-state index in [4.69, 9.17) is 17.0 Å². The molecule has 8 nitrogen and oxygen atoms in total. The van der Waals surface area contributed by atoms with E-state index in [0.717, 1.165) is 6.42 Å². The summed E-state index contributed by atoms with van der Waals surface area (Å²) in [6.45, 7) is 6.78. The number of nitrogens with one attached hydrogen (secondary N) is 4. The number of rotatable bonds is 9. The Balaban J connectivity index is 2.39. The van der Waals surface area contributed by atoms with Crippen molar-refractivity contribution < 1.29 is 17.9 Å². The van der Waals surface area contributed by atoms with Crippen molar-refractivity contribution in [1.82, 2.24) is 20.9 Å². The molecule has 0 radical (unpaired) electrons. The molecular weight excluding hydrogens is 376 g/mol. The number of hydrogen-bond donors (Lipinski definition) is 4. The first-order chi connectivity index (χ1) is 12.2. The summed E-state index contributed by atoms with van der Waals surface area (Å²) in [5.41, 5.74) is 4.85. The average molecular weight is 403 g/mol. The van der Waals surface area contributed by atoms with E-state index in [9.17, 15) is 13.2 Å². The van der Waals surface area contributed by atoms with Crippen LogP contribution in [0.25, 0.3) is 0 Å². The van der Waals surface area contributed by atoms with Crippen LogP contribution in [0.4, 0.5) is 0 Å². The summed E-state index contributed by atoms with van der Waals surface area (Å²) in [4.78, 5) is 11.8. The van der Waals surface area contributed by atoms with Gasteiger partial charge < -0.3 is 10.1 Å². The number of carbonyl (C=O) groups is 1. The number of ether oxygens (including phenoxy) is 1. The fraction of sp³-hybridized carbons (Fsp3) is 0.500. The summed E-state index contributed by atoms with van der Waals surface area (Å²) in [6.07, 6.45) is 0.942. The highest BCUT2D eigenvalue weighted by atomic mass is 32.2. The van der Waals surface area contributed by atoms with E-state index in [1.54, 1.807) is 12.1 Å². The average Bonchev–Trinajstić information content (AvgIpc) is 2.59. The molecular formula is C16H26N4O4S2. The molecule has 1 rings (SSSR count). The molecule has 1 aromatic carbocycles. The standard InChI is InChI=1S/C16H26N4O4S2/c1-4-24-13-5-7-14(8-6-13)26(22,23)18-11-15(21)19-20-16(25)17-10-9-12(2)3/h5-8,12,18H,4,9-11H2,1-3H3,(H,19,21)(H2,17,20,25). The summed E-state index contributed by atoms with van der Waals surface area (Å²) < 4.78 is 31.8. The number of hydrazine groups is 1. The van der Waals surface area contributed by atoms with Crippen LogP contribution < -0.4 is 25.6 Å². The van der Waals surface area contributed by atoms with Gasteiger partial charge in [0, 0.05) is 6.54 Å². The molecule has 146 valence electrons. The zero-order valence-corrected chi connectivity index (χ0v) is 16.8. The monoisotopic (exact) mass is 402 g/mol. The molecule has 0 heterocycles. The second kappa shape index (κ2) is 10.9. The van der Waals surface area contributed by atoms with E-state index >= 15 is 0 Å². The maximum absolute atomic E-state index is 12.2. The Morgan fingerprint density at radius 3 is 2.42 bits per heavy atom. The van der Waals surface area contributed by atoms with Crippen LogP contribution in [-0.4, -0.2) is 39.1 Å². The topological polar surface area (TPSA) is 109 Å². The first kappa shape index (κ1) is 22.1. The van der Waals surface area contributed by atoms with Crippen molar-refractivity contribution in [2.45, 2.75) is 32.1 Å². The van der Waals surface area contributed by atoms with E-state index in [2.05, 4.69) is 34.7 Å². The minimum atomic E-state index is -3.79. The van der Waals surface area contributed by atoms with Gasteiger partial charge in [0.2, 0.25) is 10.0 Å². The van der Waals surface area contributed by atoms with Gasteiger partial charge in [-0.3, -0.25) is 15.6 Å². The zero-order chi connectivity index (χ0) is 19.6. The minimum absolute atomic E-state index is 0.0487. The Hall–Kier alpha value is -1.91. The van der Waals surface area contributed by atoms with Crippen molar-refractivity contribution in [3.8, 4) is 5.75 Å². The Morgan fingerprint density at radius 2 is 1.85 bits per heavy atom. The minimum Gasteiger partial charge on any atom is -0.494 e. The first-order valence-electron chi connectivity index (χ1n) is 8.29.